The van der Waals surface area contributed by atoms with Crippen molar-refractivity contribution in [2.24, 2.45) is 0 Å². The maximum atomic E-state index is 13.3. The number of carboxylic acid groups (broad SMARTS) is 1. The summed E-state index contributed by atoms with van der Waals surface area (Å²) in [5.74, 6) is -0.889. The van der Waals surface area contributed by atoms with Gasteiger partial charge in [0.2, 0.25) is 0 Å². The summed E-state index contributed by atoms with van der Waals surface area (Å²) >= 11 is 0. The molecule has 7 heteroatoms. The molecule has 0 unspecified atom stereocenters. The van der Waals surface area contributed by atoms with Crippen molar-refractivity contribution < 1.29 is 14.7 Å². The van der Waals surface area contributed by atoms with Crippen LogP contribution < -0.4 is 0 Å². The van der Waals surface area contributed by atoms with E-state index in [-0.39, 0.29) is 18.0 Å². The van der Waals surface area contributed by atoms with Gasteiger partial charge in [0.15, 0.2) is 5.65 Å². The predicted octanol–water partition coefficient (Wildman–Crippen LogP) is 3.31. The zero-order chi connectivity index (χ0) is 19.9. The number of rotatable bonds is 6. The number of aromatic nitrogens is 3. The molecule has 7 nitrogen and oxygen atoms in total. The topological polar surface area (TPSA) is 88.3 Å². The summed E-state index contributed by atoms with van der Waals surface area (Å²) in [7, 11) is 0. The zero-order valence-electron chi connectivity index (χ0n) is 16.7. The fourth-order valence-corrected chi connectivity index (χ4v) is 3.39. The highest BCUT2D eigenvalue weighted by molar-refractivity contribution is 6.07. The smallest absolute Gasteiger partial charge is 0.323 e. The molecule has 3 rings (SSSR count). The Bertz CT molecular complexity index is 891. The van der Waals surface area contributed by atoms with Gasteiger partial charge in [-0.15, -0.1) is 0 Å². The second-order valence-corrected chi connectivity index (χ2v) is 8.36. The molecule has 0 spiro atoms. The lowest BCUT2D eigenvalue weighted by atomic mass is 10.1. The van der Waals surface area contributed by atoms with Crippen LogP contribution in [-0.2, 0) is 10.3 Å². The molecule has 0 saturated heterocycles. The van der Waals surface area contributed by atoms with E-state index in [1.165, 1.54) is 4.90 Å². The van der Waals surface area contributed by atoms with Crippen molar-refractivity contribution >= 4 is 22.9 Å². The number of aliphatic carboxylic acids is 1. The quantitative estimate of drug-likeness (QED) is 0.840. The van der Waals surface area contributed by atoms with Gasteiger partial charge in [0.1, 0.15) is 6.54 Å². The Morgan fingerprint density at radius 3 is 2.52 bits per heavy atom. The molecule has 1 N–H and O–H groups in total. The minimum absolute atomic E-state index is 0.259. The first-order valence-electron chi connectivity index (χ1n) is 9.55. The summed E-state index contributed by atoms with van der Waals surface area (Å²) < 4.78 is 1.88. The number of pyridine rings is 1. The molecule has 1 aliphatic rings. The van der Waals surface area contributed by atoms with Crippen molar-refractivity contribution in [2.75, 3.05) is 13.1 Å². The third-order valence-electron chi connectivity index (χ3n) is 4.80. The van der Waals surface area contributed by atoms with Gasteiger partial charge < -0.3 is 10.0 Å². The Balaban J connectivity index is 2.20. The molecule has 1 fully saturated rings. The van der Waals surface area contributed by atoms with Gasteiger partial charge in [0, 0.05) is 18.2 Å². The van der Waals surface area contributed by atoms with E-state index in [0.717, 1.165) is 29.6 Å². The van der Waals surface area contributed by atoms with Gasteiger partial charge in [0.25, 0.3) is 5.91 Å². The van der Waals surface area contributed by atoms with Crippen LogP contribution in [0, 0.1) is 6.92 Å². The minimum Gasteiger partial charge on any atom is -0.480 e. The Kier molecular flexibility index (Phi) is 4.97. The first-order valence-corrected chi connectivity index (χ1v) is 9.55. The highest BCUT2D eigenvalue weighted by Crippen LogP contribution is 2.41. The van der Waals surface area contributed by atoms with Crippen molar-refractivity contribution in [3.05, 3.63) is 23.0 Å². The molecule has 0 atom stereocenters. The molecule has 0 bridgehead atoms. The fraction of sp³-hybridized carbons (Fsp3) is 0.600. The lowest BCUT2D eigenvalue weighted by Gasteiger charge is -2.22. The lowest BCUT2D eigenvalue weighted by molar-refractivity contribution is -0.137. The van der Waals surface area contributed by atoms with Crippen LogP contribution in [0.5, 0.6) is 0 Å². The highest BCUT2D eigenvalue weighted by atomic mass is 16.4. The first kappa shape index (κ1) is 19.3. The summed E-state index contributed by atoms with van der Waals surface area (Å²) in [5, 5.41) is 14.6. The van der Waals surface area contributed by atoms with E-state index in [9.17, 15) is 14.7 Å². The third kappa shape index (κ3) is 3.82. The number of amides is 1. The molecule has 1 saturated carbocycles. The Morgan fingerprint density at radius 1 is 1.33 bits per heavy atom. The average molecular weight is 372 g/mol. The molecule has 0 aliphatic heterocycles. The Morgan fingerprint density at radius 2 is 2.00 bits per heavy atom. The van der Waals surface area contributed by atoms with E-state index < -0.39 is 5.97 Å². The lowest BCUT2D eigenvalue weighted by Crippen LogP contribution is -2.36. The fourth-order valence-electron chi connectivity index (χ4n) is 3.39. The van der Waals surface area contributed by atoms with Crippen LogP contribution in [-0.4, -0.2) is 49.7 Å². The van der Waals surface area contributed by atoms with E-state index in [1.807, 2.05) is 24.6 Å². The number of hydrogen-bond acceptors (Lipinski definition) is 4. The zero-order valence-corrected chi connectivity index (χ0v) is 16.7. The van der Waals surface area contributed by atoms with Crippen LogP contribution in [0.1, 0.15) is 74.6 Å². The van der Waals surface area contributed by atoms with Gasteiger partial charge in [-0.2, -0.15) is 5.10 Å². The molecule has 1 aliphatic carbocycles. The third-order valence-corrected chi connectivity index (χ3v) is 4.80. The van der Waals surface area contributed by atoms with Crippen LogP contribution >= 0.6 is 0 Å². The van der Waals surface area contributed by atoms with E-state index in [1.54, 1.807) is 0 Å². The number of carbonyl (C=O) groups is 2. The molecule has 2 aromatic heterocycles. The van der Waals surface area contributed by atoms with Crippen molar-refractivity contribution in [1.82, 2.24) is 19.7 Å². The number of carbonyl (C=O) groups excluding carboxylic acids is 1. The van der Waals surface area contributed by atoms with Crippen LogP contribution in [0.15, 0.2) is 6.07 Å². The number of aryl methyl sites for hydroxylation is 1. The molecule has 0 aromatic carbocycles. The minimum atomic E-state index is -1.01. The Labute approximate surface area is 159 Å². The van der Waals surface area contributed by atoms with E-state index in [4.69, 9.17) is 4.98 Å². The second-order valence-electron chi connectivity index (χ2n) is 8.36. The number of carboxylic acids is 1. The molecule has 1 amide bonds. The van der Waals surface area contributed by atoms with Crippen LogP contribution in [0.25, 0.3) is 11.0 Å². The van der Waals surface area contributed by atoms with Gasteiger partial charge in [-0.05, 0) is 53.0 Å². The summed E-state index contributed by atoms with van der Waals surface area (Å²) in [6.07, 6.45) is 2.84. The molecule has 27 heavy (non-hydrogen) atoms. The van der Waals surface area contributed by atoms with Crippen LogP contribution in [0.2, 0.25) is 0 Å². The van der Waals surface area contributed by atoms with Crippen molar-refractivity contribution in [3.8, 4) is 0 Å². The van der Waals surface area contributed by atoms with Gasteiger partial charge in [-0.1, -0.05) is 6.92 Å². The van der Waals surface area contributed by atoms with Gasteiger partial charge in [0.05, 0.1) is 22.2 Å². The molecule has 146 valence electrons. The highest BCUT2D eigenvalue weighted by Gasteiger charge is 2.31. The van der Waals surface area contributed by atoms with Gasteiger partial charge >= 0.3 is 5.97 Å². The number of fused-ring (bicyclic) bond motifs is 1. The maximum Gasteiger partial charge on any atom is 0.323 e. The molecular formula is C20H28N4O3. The van der Waals surface area contributed by atoms with Crippen molar-refractivity contribution in [1.29, 1.82) is 0 Å². The summed E-state index contributed by atoms with van der Waals surface area (Å²) in [6.45, 7) is 10.1. The number of hydrogen-bond donors (Lipinski definition) is 1. The SMILES string of the molecule is CCCN(CC(=O)O)C(=O)c1cc(C2CC2)nc2c1c(C)nn2C(C)(C)C. The standard InChI is InChI=1S/C20H28N4O3/c1-6-9-23(11-16(25)26)19(27)14-10-15(13-7-8-13)21-18-17(14)12(2)22-24(18)20(3,4)5/h10,13H,6-9,11H2,1-5H3,(H,25,26). The van der Waals surface area contributed by atoms with Crippen molar-refractivity contribution in [3.63, 3.8) is 0 Å². The first-order chi connectivity index (χ1) is 12.6. The predicted molar refractivity (Wildman–Crippen MR) is 103 cm³/mol. The summed E-state index contributed by atoms with van der Waals surface area (Å²) in [5.41, 5.74) is 2.60. The van der Waals surface area contributed by atoms with Gasteiger partial charge in [-0.25, -0.2) is 9.67 Å². The largest absolute Gasteiger partial charge is 0.480 e. The second kappa shape index (κ2) is 6.94. The van der Waals surface area contributed by atoms with E-state index in [0.29, 0.717) is 30.1 Å². The van der Waals surface area contributed by atoms with Crippen molar-refractivity contribution in [2.45, 2.75) is 65.3 Å². The number of nitrogens with zero attached hydrogens (tertiary/aromatic N) is 4. The molecule has 0 radical (unpaired) electrons. The maximum absolute atomic E-state index is 13.3. The molecule has 2 aromatic rings. The molecule has 2 heterocycles. The Hall–Kier alpha value is -2.44. The van der Waals surface area contributed by atoms with Gasteiger partial charge in [-0.3, -0.25) is 9.59 Å². The van der Waals surface area contributed by atoms with E-state index in [2.05, 4.69) is 25.9 Å². The van der Waals surface area contributed by atoms with E-state index >= 15 is 0 Å². The average Bonchev–Trinajstić information content (AvgIpc) is 3.36. The van der Waals surface area contributed by atoms with Crippen LogP contribution in [0.4, 0.5) is 0 Å². The monoisotopic (exact) mass is 372 g/mol. The molecular weight excluding hydrogens is 344 g/mol. The van der Waals surface area contributed by atoms with Crippen LogP contribution in [0.3, 0.4) is 0 Å². The summed E-state index contributed by atoms with van der Waals surface area (Å²) in [6, 6.07) is 1.86. The summed E-state index contributed by atoms with van der Waals surface area (Å²) in [4.78, 5) is 30.8. The normalized spacial score (nSPS) is 14.6.